The molecule has 9 heavy (non-hydrogen) atoms. The van der Waals surface area contributed by atoms with Crippen LogP contribution < -0.4 is 0 Å². The average molecular weight is 413 g/mol. The summed E-state index contributed by atoms with van der Waals surface area (Å²) in [5.74, 6) is 0.602. The zero-order chi connectivity index (χ0) is 5.86. The van der Waals surface area contributed by atoms with E-state index < -0.39 is 8.38 Å². The van der Waals surface area contributed by atoms with Crippen molar-refractivity contribution < 1.29 is 63.6 Å². The van der Waals surface area contributed by atoms with Gasteiger partial charge in [0.05, 0.1) is 0 Å². The van der Waals surface area contributed by atoms with Crippen LogP contribution in [0.15, 0.2) is 0 Å². The second-order valence-electron chi connectivity index (χ2n) is 1.59. The van der Waals surface area contributed by atoms with Crippen molar-refractivity contribution in [1.82, 2.24) is 0 Å². The molecule has 0 bridgehead atoms. The summed E-state index contributed by atoms with van der Waals surface area (Å²) in [7, 11) is -1.72. The van der Waals surface area contributed by atoms with E-state index in [0.29, 0.717) is 5.90 Å². The molecule has 0 saturated carbocycles. The zero-order valence-corrected chi connectivity index (χ0v) is 13.0. The molecular weight excluding hydrogens is 403 g/mol. The monoisotopic (exact) mass is 413 g/mol. The third-order valence-electron chi connectivity index (χ3n) is 0.409. The van der Waals surface area contributed by atoms with Crippen molar-refractivity contribution in [2.45, 2.75) is 0 Å². The summed E-state index contributed by atoms with van der Waals surface area (Å²) in [5.41, 5.74) is 0. The summed E-state index contributed by atoms with van der Waals surface area (Å²) in [6, 6.07) is 0. The van der Waals surface area contributed by atoms with Crippen LogP contribution in [0.25, 0.3) is 0 Å². The van der Waals surface area contributed by atoms with Crippen LogP contribution in [-0.4, -0.2) is 29.0 Å². The van der Waals surface area contributed by atoms with Crippen molar-refractivity contribution in [3.8, 4) is 0 Å². The van der Waals surface area contributed by atoms with Gasteiger partial charge in [-0.2, -0.15) is 0 Å². The molecule has 0 rings (SSSR count). The van der Waals surface area contributed by atoms with Gasteiger partial charge in [0.1, 0.15) is 0 Å². The van der Waals surface area contributed by atoms with Crippen LogP contribution in [0.5, 0.6) is 0 Å². The van der Waals surface area contributed by atoms with Gasteiger partial charge in [0.25, 0.3) is 0 Å². The zero-order valence-electron chi connectivity index (χ0n) is 5.48. The number of rotatable bonds is 2. The Labute approximate surface area is 98.0 Å². The second kappa shape index (κ2) is 10.6. The Balaban J connectivity index is -0.000000180. The van der Waals surface area contributed by atoms with Crippen LogP contribution >= 0.6 is 16.3 Å². The van der Waals surface area contributed by atoms with Gasteiger partial charge in [-0.15, -0.1) is 7.92 Å². The average Bonchev–Trinajstić information content (AvgIpc) is 1.27. The minimum atomic E-state index is -1.61. The van der Waals surface area contributed by atoms with E-state index in [1.54, 1.807) is 0 Å². The van der Waals surface area contributed by atoms with Crippen molar-refractivity contribution in [3.05, 3.63) is 0 Å². The fraction of sp³-hybridized carbons (Fsp3) is 1.00. The molecule has 0 aliphatic heterocycles. The molecule has 0 aromatic heterocycles. The second-order valence-corrected chi connectivity index (χ2v) is 5.63. The topological polar surface area (TPSA) is 40.5 Å². The summed E-state index contributed by atoms with van der Waals surface area (Å²) in [6.45, 7) is 4.05. The van der Waals surface area contributed by atoms with E-state index >= 15 is 0 Å². The molecule has 0 spiro atoms. The summed E-state index contributed by atoms with van der Waals surface area (Å²) < 4.78 is 0. The molecule has 0 heterocycles. The molecule has 0 unspecified atom stereocenters. The largest absolute Gasteiger partial charge is 0.350 e. The van der Waals surface area contributed by atoms with Crippen LogP contribution in [-0.2, 0) is 53.8 Å². The Morgan fingerprint density at radius 1 is 1.22 bits per heavy atom. The van der Waals surface area contributed by atoms with Crippen LogP contribution in [0.2, 0.25) is 0 Å². The van der Waals surface area contributed by atoms with E-state index in [2.05, 4.69) is 0 Å². The first-order chi connectivity index (χ1) is 3.13. The van der Waals surface area contributed by atoms with Crippen molar-refractivity contribution in [2.75, 3.05) is 19.2 Å². The first kappa shape index (κ1) is 17.6. The Kier molecular flexibility index (Phi) is 20.7. The standard InChI is InChI=1S/C3H10O2P2.W.Y/c1-6(2)3-7(4)5;;/h4-5H,3H2,1-2H3;;. The Morgan fingerprint density at radius 2 is 1.56 bits per heavy atom. The van der Waals surface area contributed by atoms with Crippen LogP contribution in [0.4, 0.5) is 0 Å². The van der Waals surface area contributed by atoms with E-state index in [0.717, 1.165) is 0 Å². The van der Waals surface area contributed by atoms with Gasteiger partial charge in [-0.3, -0.25) is 0 Å². The number of hydrogen-bond acceptors (Lipinski definition) is 2. The summed E-state index contributed by atoms with van der Waals surface area (Å²) in [6.07, 6.45) is 0. The van der Waals surface area contributed by atoms with Gasteiger partial charge in [0.2, 0.25) is 0 Å². The van der Waals surface area contributed by atoms with Gasteiger partial charge >= 0.3 is 0 Å². The van der Waals surface area contributed by atoms with E-state index in [4.69, 9.17) is 9.79 Å². The van der Waals surface area contributed by atoms with Crippen molar-refractivity contribution >= 4 is 16.3 Å². The van der Waals surface area contributed by atoms with Gasteiger partial charge in [0.15, 0.2) is 8.38 Å². The van der Waals surface area contributed by atoms with Gasteiger partial charge in [-0.25, -0.2) is 0 Å². The van der Waals surface area contributed by atoms with Crippen LogP contribution in [0, 0.1) is 0 Å². The fourth-order valence-electron chi connectivity index (χ4n) is 0.253. The maximum Gasteiger partial charge on any atom is 0.169 e. The van der Waals surface area contributed by atoms with Gasteiger partial charge in [-0.05, 0) is 13.3 Å². The summed E-state index contributed by atoms with van der Waals surface area (Å²) in [5, 5.41) is 0. The summed E-state index contributed by atoms with van der Waals surface area (Å²) >= 11 is 0. The Morgan fingerprint density at radius 3 is 1.56 bits per heavy atom. The fourth-order valence-corrected chi connectivity index (χ4v) is 2.28. The molecule has 2 N–H and O–H groups in total. The molecule has 0 aromatic carbocycles. The molecule has 2 nitrogen and oxygen atoms in total. The summed E-state index contributed by atoms with van der Waals surface area (Å²) in [4.78, 5) is 16.7. The predicted octanol–water partition coefficient (Wildman–Crippen LogP) is 0.977. The maximum atomic E-state index is 8.36. The molecule has 1 radical (unpaired) electrons. The van der Waals surface area contributed by atoms with E-state index in [1.165, 1.54) is 0 Å². The Bertz CT molecular complexity index is 49.1. The maximum absolute atomic E-state index is 8.36. The number of hydrogen-bond donors (Lipinski definition) is 2. The molecule has 0 atom stereocenters. The predicted molar refractivity (Wildman–Crippen MR) is 35.0 cm³/mol. The molecule has 0 aromatic rings. The first-order valence-electron chi connectivity index (χ1n) is 1.93. The molecule has 0 aliphatic rings. The van der Waals surface area contributed by atoms with Crippen LogP contribution in [0.1, 0.15) is 0 Å². The minimum Gasteiger partial charge on any atom is -0.350 e. The SMILES string of the molecule is CP(C)CP(O)O.[W].[Y]. The van der Waals surface area contributed by atoms with Crippen molar-refractivity contribution in [2.24, 2.45) is 0 Å². The molecular formula is C3H10O2P2WY. The third kappa shape index (κ3) is 18.0. The third-order valence-corrected chi connectivity index (χ3v) is 3.68. The molecule has 6 heteroatoms. The van der Waals surface area contributed by atoms with E-state index in [9.17, 15) is 0 Å². The van der Waals surface area contributed by atoms with Gasteiger partial charge < -0.3 is 9.79 Å². The minimum absolute atomic E-state index is 0. The van der Waals surface area contributed by atoms with Gasteiger partial charge in [-0.1, -0.05) is 0 Å². The normalized spacial score (nSPS) is 8.67. The quantitative estimate of drug-likeness (QED) is 0.664. The smallest absolute Gasteiger partial charge is 0.169 e. The van der Waals surface area contributed by atoms with Crippen molar-refractivity contribution in [3.63, 3.8) is 0 Å². The molecule has 0 saturated heterocycles. The Hall–Kier alpha value is 2.57. The first-order valence-corrected chi connectivity index (χ1v) is 5.78. The molecule has 0 fully saturated rings. The van der Waals surface area contributed by atoms with Crippen molar-refractivity contribution in [1.29, 1.82) is 0 Å². The molecule has 0 aliphatic carbocycles. The van der Waals surface area contributed by atoms with Crippen LogP contribution in [0.3, 0.4) is 0 Å². The van der Waals surface area contributed by atoms with E-state index in [-0.39, 0.29) is 61.7 Å². The van der Waals surface area contributed by atoms with E-state index in [1.807, 2.05) is 13.3 Å². The molecule has 53 valence electrons. The molecule has 0 amide bonds. The van der Waals surface area contributed by atoms with Gasteiger partial charge in [0, 0.05) is 59.7 Å².